The van der Waals surface area contributed by atoms with Crippen LogP contribution < -0.4 is 11.3 Å². The van der Waals surface area contributed by atoms with Gasteiger partial charge in [0.25, 0.3) is 5.56 Å². The van der Waals surface area contributed by atoms with Crippen LogP contribution in [0, 0.1) is 0 Å². The first-order valence-corrected chi connectivity index (χ1v) is 7.13. The summed E-state index contributed by atoms with van der Waals surface area (Å²) in [6, 6.07) is 7.15. The van der Waals surface area contributed by atoms with Crippen LogP contribution in [0.4, 0.5) is 5.69 Å². The maximum absolute atomic E-state index is 11.7. The zero-order chi connectivity index (χ0) is 13.9. The lowest BCUT2D eigenvalue weighted by molar-refractivity contribution is 0.570. The predicted molar refractivity (Wildman–Crippen MR) is 80.7 cm³/mol. The maximum Gasteiger partial charge on any atom is 0.250 e. The topological polar surface area (TPSA) is 65.8 Å². The van der Waals surface area contributed by atoms with Gasteiger partial charge in [0.2, 0.25) is 0 Å². The Kier molecular flexibility index (Phi) is 3.39. The molecule has 0 amide bonds. The molecule has 20 heavy (non-hydrogen) atoms. The largest absolute Gasteiger partial charge is 0.398 e. The normalized spacial score (nSPS) is 10.8. The Morgan fingerprint density at radius 1 is 1.20 bits per heavy atom. The first-order chi connectivity index (χ1) is 9.74. The van der Waals surface area contributed by atoms with Crippen LogP contribution >= 0.6 is 11.3 Å². The van der Waals surface area contributed by atoms with E-state index in [2.05, 4.69) is 4.98 Å². The number of anilines is 1. The number of nitrogens with two attached hydrogens (primary N) is 1. The summed E-state index contributed by atoms with van der Waals surface area (Å²) in [5.74, 6) is 0.928. The number of aryl methyl sites for hydroxylation is 2. The van der Waals surface area contributed by atoms with Gasteiger partial charge in [-0.15, -0.1) is 11.3 Å². The third kappa shape index (κ3) is 2.50. The summed E-state index contributed by atoms with van der Waals surface area (Å²) in [6.45, 7) is 1.25. The second-order valence-corrected chi connectivity index (χ2v) is 5.36. The highest BCUT2D eigenvalue weighted by molar-refractivity contribution is 7.13. The van der Waals surface area contributed by atoms with E-state index in [9.17, 15) is 4.79 Å². The number of nitrogen functional groups attached to an aromatic ring is 1. The molecule has 0 aliphatic heterocycles. The van der Waals surface area contributed by atoms with Crippen molar-refractivity contribution in [3.05, 3.63) is 58.6 Å². The monoisotopic (exact) mass is 286 g/mol. The fraction of sp³-hybridized carbons (Fsp3) is 0.143. The minimum Gasteiger partial charge on any atom is -0.398 e. The molecule has 6 heteroatoms. The molecule has 0 aromatic carbocycles. The summed E-state index contributed by atoms with van der Waals surface area (Å²) in [7, 11) is 0. The third-order valence-electron chi connectivity index (χ3n) is 3.05. The van der Waals surface area contributed by atoms with E-state index in [0.29, 0.717) is 18.8 Å². The Hall–Kier alpha value is -2.34. The van der Waals surface area contributed by atoms with E-state index in [1.54, 1.807) is 34.4 Å². The van der Waals surface area contributed by atoms with Gasteiger partial charge in [-0.25, -0.2) is 4.98 Å². The third-order valence-corrected chi connectivity index (χ3v) is 3.91. The Balaban J connectivity index is 1.81. The van der Waals surface area contributed by atoms with Gasteiger partial charge in [0, 0.05) is 43.4 Å². The fourth-order valence-corrected chi connectivity index (χ4v) is 2.80. The maximum atomic E-state index is 11.7. The standard InChI is InChI=1S/C14H14N4OS/c15-11-3-4-13(19)18(10-11)8-7-17-6-5-16-14(17)12-2-1-9-20-12/h1-6,9-10H,7-8,15H2. The lowest BCUT2D eigenvalue weighted by Crippen LogP contribution is -2.21. The van der Waals surface area contributed by atoms with Crippen LogP contribution in [0.2, 0.25) is 0 Å². The molecule has 5 nitrogen and oxygen atoms in total. The van der Waals surface area contributed by atoms with Crippen molar-refractivity contribution in [2.45, 2.75) is 13.1 Å². The van der Waals surface area contributed by atoms with Gasteiger partial charge in [0.1, 0.15) is 5.82 Å². The van der Waals surface area contributed by atoms with Gasteiger partial charge in [0.05, 0.1) is 4.88 Å². The molecule has 102 valence electrons. The quantitative estimate of drug-likeness (QED) is 0.798. The van der Waals surface area contributed by atoms with Crippen LogP contribution in [0.5, 0.6) is 0 Å². The molecule has 0 radical (unpaired) electrons. The number of nitrogens with zero attached hydrogens (tertiary/aromatic N) is 3. The highest BCUT2D eigenvalue weighted by atomic mass is 32.1. The van der Waals surface area contributed by atoms with Crippen molar-refractivity contribution in [2.75, 3.05) is 5.73 Å². The number of aromatic nitrogens is 3. The van der Waals surface area contributed by atoms with E-state index in [0.717, 1.165) is 10.7 Å². The highest BCUT2D eigenvalue weighted by Crippen LogP contribution is 2.22. The Morgan fingerprint density at radius 2 is 2.05 bits per heavy atom. The van der Waals surface area contributed by atoms with Crippen molar-refractivity contribution in [1.82, 2.24) is 14.1 Å². The summed E-state index contributed by atoms with van der Waals surface area (Å²) in [5.41, 5.74) is 6.25. The zero-order valence-electron chi connectivity index (χ0n) is 10.8. The molecule has 0 atom stereocenters. The average Bonchev–Trinajstić information content (AvgIpc) is 3.09. The summed E-state index contributed by atoms with van der Waals surface area (Å²) < 4.78 is 3.66. The summed E-state index contributed by atoms with van der Waals surface area (Å²) in [6.07, 6.45) is 5.37. The fourth-order valence-electron chi connectivity index (χ4n) is 2.06. The molecule has 0 saturated carbocycles. The van der Waals surface area contributed by atoms with E-state index < -0.39 is 0 Å². The molecule has 0 aliphatic rings. The first-order valence-electron chi connectivity index (χ1n) is 6.25. The van der Waals surface area contributed by atoms with Gasteiger partial charge in [0.15, 0.2) is 0 Å². The molecule has 3 rings (SSSR count). The molecule has 2 N–H and O–H groups in total. The van der Waals surface area contributed by atoms with E-state index in [4.69, 9.17) is 5.73 Å². The van der Waals surface area contributed by atoms with Gasteiger partial charge in [-0.1, -0.05) is 6.07 Å². The van der Waals surface area contributed by atoms with Crippen molar-refractivity contribution >= 4 is 17.0 Å². The number of thiophene rings is 1. The van der Waals surface area contributed by atoms with Crippen LogP contribution in [0.1, 0.15) is 0 Å². The number of pyridine rings is 1. The smallest absolute Gasteiger partial charge is 0.250 e. The van der Waals surface area contributed by atoms with E-state index in [1.165, 1.54) is 6.07 Å². The van der Waals surface area contributed by atoms with Crippen LogP contribution in [0.3, 0.4) is 0 Å². The number of hydrogen-bond donors (Lipinski definition) is 1. The van der Waals surface area contributed by atoms with Crippen molar-refractivity contribution in [3.8, 4) is 10.7 Å². The second-order valence-electron chi connectivity index (χ2n) is 4.42. The summed E-state index contributed by atoms with van der Waals surface area (Å²) >= 11 is 1.65. The number of hydrogen-bond acceptors (Lipinski definition) is 4. The van der Waals surface area contributed by atoms with E-state index >= 15 is 0 Å². The molecule has 0 fully saturated rings. The van der Waals surface area contributed by atoms with Crippen LogP contribution in [0.15, 0.2) is 53.0 Å². The summed E-state index contributed by atoms with van der Waals surface area (Å²) in [4.78, 5) is 17.2. The zero-order valence-corrected chi connectivity index (χ0v) is 11.6. The van der Waals surface area contributed by atoms with Gasteiger partial charge < -0.3 is 14.9 Å². The van der Waals surface area contributed by atoms with Gasteiger partial charge in [-0.05, 0) is 17.5 Å². The average molecular weight is 286 g/mol. The Morgan fingerprint density at radius 3 is 2.85 bits per heavy atom. The highest BCUT2D eigenvalue weighted by Gasteiger charge is 2.07. The minimum absolute atomic E-state index is 0.0445. The van der Waals surface area contributed by atoms with Crippen LogP contribution in [0.25, 0.3) is 10.7 Å². The predicted octanol–water partition coefficient (Wildman–Crippen LogP) is 2.06. The molecule has 3 aromatic heterocycles. The van der Waals surface area contributed by atoms with Crippen molar-refractivity contribution in [1.29, 1.82) is 0 Å². The lowest BCUT2D eigenvalue weighted by Gasteiger charge is -2.09. The summed E-state index contributed by atoms with van der Waals surface area (Å²) in [5, 5.41) is 2.02. The van der Waals surface area contributed by atoms with Crippen LogP contribution in [-0.2, 0) is 13.1 Å². The van der Waals surface area contributed by atoms with Crippen molar-refractivity contribution in [3.63, 3.8) is 0 Å². The molecule has 0 saturated heterocycles. The lowest BCUT2D eigenvalue weighted by atomic mass is 10.4. The molecule has 3 heterocycles. The van der Waals surface area contributed by atoms with E-state index in [1.807, 2.05) is 28.3 Å². The van der Waals surface area contributed by atoms with Gasteiger partial charge in [-0.2, -0.15) is 0 Å². The van der Waals surface area contributed by atoms with Crippen molar-refractivity contribution in [2.24, 2.45) is 0 Å². The van der Waals surface area contributed by atoms with Gasteiger partial charge >= 0.3 is 0 Å². The Labute approximate surface area is 119 Å². The molecule has 0 spiro atoms. The number of imidazole rings is 1. The molecular formula is C14H14N4OS. The number of rotatable bonds is 4. The minimum atomic E-state index is -0.0445. The van der Waals surface area contributed by atoms with E-state index in [-0.39, 0.29) is 5.56 Å². The molecule has 0 bridgehead atoms. The molecule has 0 aliphatic carbocycles. The van der Waals surface area contributed by atoms with Gasteiger partial charge in [-0.3, -0.25) is 4.79 Å². The molecule has 3 aromatic rings. The SMILES string of the molecule is Nc1ccc(=O)n(CCn2ccnc2-c2cccs2)c1. The first kappa shape index (κ1) is 12.7. The van der Waals surface area contributed by atoms with Crippen molar-refractivity contribution < 1.29 is 0 Å². The Bertz CT molecular complexity index is 758. The second kappa shape index (κ2) is 5.34. The molecule has 0 unspecified atom stereocenters. The molecular weight excluding hydrogens is 272 g/mol. The van der Waals surface area contributed by atoms with Crippen LogP contribution in [-0.4, -0.2) is 14.1 Å².